The molecule has 2 heteroatoms. The van der Waals surface area contributed by atoms with Gasteiger partial charge in [0.05, 0.1) is 5.92 Å². The van der Waals surface area contributed by atoms with Crippen LogP contribution in [0, 0.1) is 11.8 Å². The second kappa shape index (κ2) is 3.74. The van der Waals surface area contributed by atoms with Gasteiger partial charge in [-0.05, 0) is 18.8 Å². The van der Waals surface area contributed by atoms with Gasteiger partial charge >= 0.3 is 5.97 Å². The second-order valence-corrected chi connectivity index (χ2v) is 3.44. The molecule has 2 atom stereocenters. The van der Waals surface area contributed by atoms with Crippen LogP contribution in [0.1, 0.15) is 39.0 Å². The van der Waals surface area contributed by atoms with Crippen molar-refractivity contribution < 1.29 is 9.90 Å². The number of aliphatic carboxylic acids is 1. The molecule has 0 unspecified atom stereocenters. The Balaban J connectivity index is 2.00. The lowest BCUT2D eigenvalue weighted by molar-refractivity contribution is -0.138. The van der Waals surface area contributed by atoms with Crippen molar-refractivity contribution in [2.45, 2.75) is 39.0 Å². The molecule has 0 saturated heterocycles. The number of carbonyl (C=O) groups is 1. The van der Waals surface area contributed by atoms with Crippen molar-refractivity contribution in [2.24, 2.45) is 11.8 Å². The number of hydrogen-bond donors (Lipinski definition) is 1. The van der Waals surface area contributed by atoms with E-state index < -0.39 is 5.97 Å². The summed E-state index contributed by atoms with van der Waals surface area (Å²) in [6, 6.07) is 0. The highest BCUT2D eigenvalue weighted by atomic mass is 16.4. The van der Waals surface area contributed by atoms with Gasteiger partial charge in [-0.15, -0.1) is 0 Å². The van der Waals surface area contributed by atoms with E-state index in [4.69, 9.17) is 5.11 Å². The van der Waals surface area contributed by atoms with Gasteiger partial charge in [0.1, 0.15) is 0 Å². The fourth-order valence-electron chi connectivity index (χ4n) is 1.53. The van der Waals surface area contributed by atoms with Gasteiger partial charge in [-0.1, -0.05) is 26.2 Å². The van der Waals surface area contributed by atoms with Gasteiger partial charge in [-0.25, -0.2) is 0 Å². The first-order valence-corrected chi connectivity index (χ1v) is 4.48. The summed E-state index contributed by atoms with van der Waals surface area (Å²) in [6.07, 6.45) is 5.75. The van der Waals surface area contributed by atoms with Gasteiger partial charge in [-0.2, -0.15) is 0 Å². The van der Waals surface area contributed by atoms with Crippen LogP contribution in [-0.4, -0.2) is 11.1 Å². The molecule has 0 aromatic heterocycles. The van der Waals surface area contributed by atoms with Crippen molar-refractivity contribution in [1.82, 2.24) is 0 Å². The van der Waals surface area contributed by atoms with Crippen LogP contribution in [0.2, 0.25) is 0 Å². The Morgan fingerprint density at radius 1 is 1.55 bits per heavy atom. The number of carboxylic acids is 1. The van der Waals surface area contributed by atoms with Crippen LogP contribution < -0.4 is 0 Å². The number of unbranched alkanes of at least 4 members (excludes halogenated alkanes) is 2. The monoisotopic (exact) mass is 156 g/mol. The highest BCUT2D eigenvalue weighted by molar-refractivity contribution is 5.73. The molecule has 0 amide bonds. The first-order chi connectivity index (χ1) is 5.25. The molecule has 1 aliphatic carbocycles. The number of carboxylic acid groups (broad SMARTS) is 1. The molecule has 1 N–H and O–H groups in total. The maximum absolute atomic E-state index is 10.4. The topological polar surface area (TPSA) is 37.3 Å². The van der Waals surface area contributed by atoms with Crippen LogP contribution >= 0.6 is 0 Å². The lowest BCUT2D eigenvalue weighted by atomic mass is 10.1. The molecular formula is C9H16O2. The number of hydrogen-bond acceptors (Lipinski definition) is 1. The Labute approximate surface area is 67.6 Å². The normalized spacial score (nSPS) is 28.5. The first kappa shape index (κ1) is 8.57. The van der Waals surface area contributed by atoms with Crippen LogP contribution in [0.15, 0.2) is 0 Å². The molecule has 0 aromatic rings. The molecule has 0 radical (unpaired) electrons. The van der Waals surface area contributed by atoms with Gasteiger partial charge in [0.2, 0.25) is 0 Å². The minimum Gasteiger partial charge on any atom is -0.481 e. The minimum absolute atomic E-state index is 0.00635. The van der Waals surface area contributed by atoms with Crippen LogP contribution in [0.5, 0.6) is 0 Å². The van der Waals surface area contributed by atoms with Crippen molar-refractivity contribution in [2.75, 3.05) is 0 Å². The fourth-order valence-corrected chi connectivity index (χ4v) is 1.53. The van der Waals surface area contributed by atoms with Crippen molar-refractivity contribution >= 4 is 5.97 Å². The van der Waals surface area contributed by atoms with Crippen LogP contribution in [-0.2, 0) is 4.79 Å². The molecule has 11 heavy (non-hydrogen) atoms. The maximum Gasteiger partial charge on any atom is 0.306 e. The molecule has 0 spiro atoms. The zero-order valence-corrected chi connectivity index (χ0v) is 7.05. The highest BCUT2D eigenvalue weighted by Gasteiger charge is 2.41. The lowest BCUT2D eigenvalue weighted by Crippen LogP contribution is -1.99. The Kier molecular flexibility index (Phi) is 2.92. The molecule has 0 heterocycles. The molecule has 64 valence electrons. The molecule has 1 rings (SSSR count). The zero-order valence-electron chi connectivity index (χ0n) is 7.05. The van der Waals surface area contributed by atoms with E-state index >= 15 is 0 Å². The fraction of sp³-hybridized carbons (Fsp3) is 0.889. The Morgan fingerprint density at radius 3 is 2.73 bits per heavy atom. The summed E-state index contributed by atoms with van der Waals surface area (Å²) in [5.41, 5.74) is 0. The van der Waals surface area contributed by atoms with E-state index in [0.717, 1.165) is 12.8 Å². The zero-order chi connectivity index (χ0) is 8.27. The molecule has 0 aliphatic heterocycles. The minimum atomic E-state index is -0.591. The Bertz CT molecular complexity index is 142. The van der Waals surface area contributed by atoms with E-state index in [0.29, 0.717) is 5.92 Å². The summed E-state index contributed by atoms with van der Waals surface area (Å²) < 4.78 is 0. The SMILES string of the molecule is CCCCC[C@H]1C[C@@H]1C(=O)O. The third kappa shape index (κ3) is 2.52. The third-order valence-electron chi connectivity index (χ3n) is 2.42. The molecule has 0 bridgehead atoms. The first-order valence-electron chi connectivity index (χ1n) is 4.48. The summed E-state index contributed by atoms with van der Waals surface area (Å²) in [5, 5.41) is 8.58. The summed E-state index contributed by atoms with van der Waals surface area (Å²) in [5.74, 6) is -0.0718. The van der Waals surface area contributed by atoms with Gasteiger partial charge < -0.3 is 5.11 Å². The standard InChI is InChI=1S/C9H16O2/c1-2-3-4-5-7-6-8(7)9(10)11/h7-8H,2-6H2,1H3,(H,10,11)/t7-,8-/m0/s1. The van der Waals surface area contributed by atoms with Gasteiger partial charge in [0.15, 0.2) is 0 Å². The Morgan fingerprint density at radius 2 is 2.27 bits per heavy atom. The van der Waals surface area contributed by atoms with Crippen molar-refractivity contribution in [3.63, 3.8) is 0 Å². The summed E-state index contributed by atoms with van der Waals surface area (Å²) in [4.78, 5) is 10.4. The van der Waals surface area contributed by atoms with E-state index in [-0.39, 0.29) is 5.92 Å². The second-order valence-electron chi connectivity index (χ2n) is 3.44. The quantitative estimate of drug-likeness (QED) is 0.620. The molecule has 2 nitrogen and oxygen atoms in total. The summed E-state index contributed by atoms with van der Waals surface area (Å²) in [7, 11) is 0. The molecule has 1 aliphatic rings. The van der Waals surface area contributed by atoms with E-state index in [1.54, 1.807) is 0 Å². The molecule has 1 saturated carbocycles. The summed E-state index contributed by atoms with van der Waals surface area (Å²) >= 11 is 0. The molecule has 1 fully saturated rings. The van der Waals surface area contributed by atoms with E-state index in [2.05, 4.69) is 6.92 Å². The van der Waals surface area contributed by atoms with E-state index in [1.165, 1.54) is 19.3 Å². The predicted octanol–water partition coefficient (Wildman–Crippen LogP) is 2.29. The Hall–Kier alpha value is -0.530. The third-order valence-corrected chi connectivity index (χ3v) is 2.42. The van der Waals surface area contributed by atoms with E-state index in [9.17, 15) is 4.79 Å². The van der Waals surface area contributed by atoms with Crippen LogP contribution in [0.3, 0.4) is 0 Å². The van der Waals surface area contributed by atoms with Crippen molar-refractivity contribution in [1.29, 1.82) is 0 Å². The average molecular weight is 156 g/mol. The largest absolute Gasteiger partial charge is 0.481 e. The molecule has 0 aromatic carbocycles. The number of rotatable bonds is 5. The highest BCUT2D eigenvalue weighted by Crippen LogP contribution is 2.42. The lowest BCUT2D eigenvalue weighted by Gasteiger charge is -1.95. The predicted molar refractivity (Wildman–Crippen MR) is 43.4 cm³/mol. The van der Waals surface area contributed by atoms with Gasteiger partial charge in [0.25, 0.3) is 0 Å². The van der Waals surface area contributed by atoms with Gasteiger partial charge in [0, 0.05) is 0 Å². The molecular weight excluding hydrogens is 140 g/mol. The van der Waals surface area contributed by atoms with Crippen LogP contribution in [0.4, 0.5) is 0 Å². The average Bonchev–Trinajstić information content (AvgIpc) is 2.68. The van der Waals surface area contributed by atoms with Crippen molar-refractivity contribution in [3.8, 4) is 0 Å². The summed E-state index contributed by atoms with van der Waals surface area (Å²) in [6.45, 7) is 2.17. The van der Waals surface area contributed by atoms with Gasteiger partial charge in [-0.3, -0.25) is 4.79 Å². The van der Waals surface area contributed by atoms with Crippen LogP contribution in [0.25, 0.3) is 0 Å². The maximum atomic E-state index is 10.4. The smallest absolute Gasteiger partial charge is 0.306 e. The van der Waals surface area contributed by atoms with E-state index in [1.807, 2.05) is 0 Å². The van der Waals surface area contributed by atoms with Crippen molar-refractivity contribution in [3.05, 3.63) is 0 Å².